The number of Topliss-reactive ketones (excluding diaryl/α,β-unsaturated/α-hetero) is 3. The number of carbonyl (C=O) groups is 3. The van der Waals surface area contributed by atoms with Gasteiger partial charge >= 0.3 is 22.5 Å². The van der Waals surface area contributed by atoms with Crippen molar-refractivity contribution < 1.29 is 22.1 Å². The Morgan fingerprint density at radius 2 is 0.821 bits per heavy atom. The summed E-state index contributed by atoms with van der Waals surface area (Å²) >= 11 is -1.62. The van der Waals surface area contributed by atoms with E-state index in [2.05, 4.69) is 0 Å². The molecule has 0 spiro atoms. The molecule has 2 atom stereocenters. The molecule has 0 saturated heterocycles. The molecule has 0 N–H and O–H groups in total. The maximum atomic E-state index is 11.7. The van der Waals surface area contributed by atoms with Gasteiger partial charge in [-0.05, 0) is 93.8 Å². The first-order valence-electron chi connectivity index (χ1n) is 11.0. The Morgan fingerprint density at radius 3 is 1.25 bits per heavy atom. The summed E-state index contributed by atoms with van der Waals surface area (Å²) in [4.78, 5) is 34.9. The van der Waals surface area contributed by atoms with E-state index in [-0.39, 0.29) is 23.4 Å². The van der Waals surface area contributed by atoms with E-state index in [1.54, 1.807) is 0 Å². The summed E-state index contributed by atoms with van der Waals surface area (Å²) in [5.74, 6) is 5.28. The van der Waals surface area contributed by atoms with Crippen LogP contribution in [0.3, 0.4) is 0 Å². The van der Waals surface area contributed by atoms with Crippen LogP contribution in [0.4, 0.5) is 0 Å². The van der Waals surface area contributed by atoms with Crippen LogP contribution in [0, 0.1) is 47.3 Å². The van der Waals surface area contributed by atoms with Gasteiger partial charge in [-0.2, -0.15) is 0 Å². The Hall–Kier alpha value is -0.871. The topological polar surface area (TPSA) is 85.3 Å². The number of ketones is 3. The predicted octanol–water partition coefficient (Wildman–Crippen LogP) is 3.36. The first-order chi connectivity index (χ1) is 13.5. The molecule has 8 rings (SSSR count). The van der Waals surface area contributed by atoms with Crippen molar-refractivity contribution in [3.63, 3.8) is 0 Å². The Morgan fingerprint density at radius 1 is 0.500 bits per heavy atom. The second-order valence-corrected chi connectivity index (χ2v) is 10.5. The van der Waals surface area contributed by atoms with Crippen molar-refractivity contribution in [1.29, 1.82) is 0 Å². The van der Waals surface area contributed by atoms with E-state index in [1.165, 1.54) is 38.5 Å². The molecule has 8 bridgehead atoms. The molecule has 0 radical (unpaired) electrons. The Bertz CT molecular complexity index is 643. The van der Waals surface area contributed by atoms with Crippen LogP contribution in [0.15, 0.2) is 0 Å². The van der Waals surface area contributed by atoms with Gasteiger partial charge in [0.1, 0.15) is 5.78 Å². The number of carbonyl (C=O) groups excluding carboxylic acids is 3. The average molecular weight is 453 g/mol. The van der Waals surface area contributed by atoms with Gasteiger partial charge in [-0.15, -0.1) is 0 Å². The van der Waals surface area contributed by atoms with Crippen LogP contribution in [0.2, 0.25) is 0 Å². The fourth-order valence-corrected chi connectivity index (χ4v) is 7.55. The second kappa shape index (κ2) is 8.47. The standard InChI is InChI=1S/C11H14O2.C11H16O.O2Se/c12-10-8-2-6-1-7(4-8)5-9(3-6)11(10)13;12-11-6-9-2-7-1-8(3-9)5-10(11)4-7;1-3-2/h6-9H,1-5H2;7-10H,1-6H2;. The zero-order chi connectivity index (χ0) is 19.8. The number of rotatable bonds is 0. The van der Waals surface area contributed by atoms with Gasteiger partial charge in [0.15, 0.2) is 0 Å². The molecule has 2 unspecified atom stereocenters. The maximum absolute atomic E-state index is 11.7. The third kappa shape index (κ3) is 4.18. The van der Waals surface area contributed by atoms with E-state index in [0.717, 1.165) is 49.9 Å². The van der Waals surface area contributed by atoms with Crippen LogP contribution in [0.1, 0.15) is 70.6 Å². The summed E-state index contributed by atoms with van der Waals surface area (Å²) in [7, 11) is 0. The van der Waals surface area contributed by atoms with Crippen molar-refractivity contribution in [3.8, 4) is 0 Å². The third-order valence-electron chi connectivity index (χ3n) is 8.30. The summed E-state index contributed by atoms with van der Waals surface area (Å²) in [5, 5.41) is 0. The van der Waals surface area contributed by atoms with Crippen LogP contribution in [0.25, 0.3) is 0 Å². The predicted molar refractivity (Wildman–Crippen MR) is 101 cm³/mol. The Labute approximate surface area is 172 Å². The summed E-state index contributed by atoms with van der Waals surface area (Å²) in [5.41, 5.74) is 0. The van der Waals surface area contributed by atoms with Crippen LogP contribution < -0.4 is 0 Å². The minimum atomic E-state index is -1.62. The molecule has 0 aromatic heterocycles. The van der Waals surface area contributed by atoms with Gasteiger partial charge < -0.3 is 0 Å². The summed E-state index contributed by atoms with van der Waals surface area (Å²) < 4.78 is 16.9. The molecule has 154 valence electrons. The molecule has 0 heterocycles. The molecule has 8 aliphatic rings. The molecular formula is C22H30O5Se. The van der Waals surface area contributed by atoms with Gasteiger partial charge in [0.05, 0.1) is 0 Å². The molecule has 0 amide bonds. The Balaban J connectivity index is 0.000000121. The van der Waals surface area contributed by atoms with Gasteiger partial charge in [-0.1, -0.05) is 0 Å². The van der Waals surface area contributed by atoms with Crippen molar-refractivity contribution in [2.75, 3.05) is 0 Å². The third-order valence-corrected chi connectivity index (χ3v) is 8.30. The van der Waals surface area contributed by atoms with E-state index in [4.69, 9.17) is 7.67 Å². The SMILES string of the molecule is O=C1C(=O)C2CC3CC(CC1C3)C2.O=C1CC2CC3CC(C2)CC1C3.O=[Se]=O. The molecule has 5 nitrogen and oxygen atoms in total. The van der Waals surface area contributed by atoms with Gasteiger partial charge in [0, 0.05) is 24.2 Å². The van der Waals surface area contributed by atoms with E-state index in [1.807, 2.05) is 0 Å². The summed E-state index contributed by atoms with van der Waals surface area (Å²) in [6.07, 6.45) is 12.9. The summed E-state index contributed by atoms with van der Waals surface area (Å²) in [6, 6.07) is 0. The summed E-state index contributed by atoms with van der Waals surface area (Å²) in [6.45, 7) is 0. The fraction of sp³-hybridized carbons (Fsp3) is 0.864. The van der Waals surface area contributed by atoms with Crippen molar-refractivity contribution in [2.45, 2.75) is 70.6 Å². The van der Waals surface area contributed by atoms with E-state index < -0.39 is 14.8 Å². The van der Waals surface area contributed by atoms with E-state index in [0.29, 0.717) is 23.5 Å². The van der Waals surface area contributed by atoms with Gasteiger partial charge in [-0.3, -0.25) is 14.4 Å². The second-order valence-electron chi connectivity index (χ2n) is 10.2. The number of hydrogen-bond acceptors (Lipinski definition) is 5. The average Bonchev–Trinajstić information content (AvgIpc) is 2.90. The minimum absolute atomic E-state index is 0.0327. The van der Waals surface area contributed by atoms with Crippen LogP contribution in [0.5, 0.6) is 0 Å². The van der Waals surface area contributed by atoms with Gasteiger partial charge in [-0.25, -0.2) is 0 Å². The first-order valence-corrected chi connectivity index (χ1v) is 12.4. The van der Waals surface area contributed by atoms with Crippen molar-refractivity contribution in [2.24, 2.45) is 47.3 Å². The van der Waals surface area contributed by atoms with E-state index in [9.17, 15) is 14.4 Å². The van der Waals surface area contributed by atoms with Crippen molar-refractivity contribution in [1.82, 2.24) is 0 Å². The number of fused-ring (bicyclic) bond motifs is 2. The molecule has 0 aromatic carbocycles. The molecule has 0 aliphatic heterocycles. The van der Waals surface area contributed by atoms with Gasteiger partial charge in [0.25, 0.3) is 0 Å². The molecule has 8 saturated carbocycles. The van der Waals surface area contributed by atoms with Gasteiger partial charge in [0.2, 0.25) is 11.6 Å². The van der Waals surface area contributed by atoms with E-state index >= 15 is 0 Å². The molecule has 28 heavy (non-hydrogen) atoms. The number of hydrogen-bond donors (Lipinski definition) is 0. The fourth-order valence-electron chi connectivity index (χ4n) is 7.55. The molecule has 8 fully saturated rings. The quantitative estimate of drug-likeness (QED) is 0.415. The molecule has 0 aromatic rings. The Kier molecular flexibility index (Phi) is 6.17. The zero-order valence-electron chi connectivity index (χ0n) is 16.3. The van der Waals surface area contributed by atoms with Crippen molar-refractivity contribution in [3.05, 3.63) is 0 Å². The molecular weight excluding hydrogens is 423 g/mol. The zero-order valence-corrected chi connectivity index (χ0v) is 18.1. The van der Waals surface area contributed by atoms with Crippen LogP contribution in [-0.2, 0) is 22.1 Å². The van der Waals surface area contributed by atoms with Crippen LogP contribution in [-0.4, -0.2) is 32.2 Å². The molecule has 8 aliphatic carbocycles. The monoisotopic (exact) mass is 454 g/mol. The normalized spacial score (nSPS) is 44.8. The first kappa shape index (κ1) is 20.4. The molecule has 6 heteroatoms. The van der Waals surface area contributed by atoms with Crippen molar-refractivity contribution >= 4 is 32.2 Å². The van der Waals surface area contributed by atoms with Crippen LogP contribution >= 0.6 is 0 Å².